The number of carbonyl (C=O) groups is 4. The quantitative estimate of drug-likeness (QED) is 0.507. The Morgan fingerprint density at radius 3 is 2.33 bits per heavy atom. The lowest BCUT2D eigenvalue weighted by molar-refractivity contribution is -0.149. The largest absolute Gasteiger partial charge is 0.469 e. The molecular formula is C13H19N3O5. The van der Waals surface area contributed by atoms with E-state index < -0.39 is 6.03 Å². The van der Waals surface area contributed by atoms with Gasteiger partial charge in [-0.2, -0.15) is 0 Å². The zero-order valence-electron chi connectivity index (χ0n) is 12.2. The van der Waals surface area contributed by atoms with Crippen LogP contribution in [-0.4, -0.2) is 78.9 Å². The third-order valence-electron chi connectivity index (χ3n) is 3.91. The Labute approximate surface area is 122 Å². The summed E-state index contributed by atoms with van der Waals surface area (Å²) in [5.41, 5.74) is 0. The van der Waals surface area contributed by atoms with Gasteiger partial charge >= 0.3 is 12.0 Å². The van der Waals surface area contributed by atoms with Crippen molar-refractivity contribution in [3.8, 4) is 0 Å². The summed E-state index contributed by atoms with van der Waals surface area (Å²) >= 11 is 0. The van der Waals surface area contributed by atoms with Crippen molar-refractivity contribution in [2.75, 3.05) is 40.3 Å². The SMILES string of the molecule is COC(=O)C1CCN(C(=O)CN2C(=O)CN(C)C2=O)CC1. The molecule has 2 aliphatic heterocycles. The molecule has 0 aromatic heterocycles. The smallest absolute Gasteiger partial charge is 0.327 e. The third kappa shape index (κ3) is 3.14. The van der Waals surface area contributed by atoms with Gasteiger partial charge in [-0.15, -0.1) is 0 Å². The van der Waals surface area contributed by atoms with E-state index in [0.717, 1.165) is 4.90 Å². The number of likely N-dealkylation sites (tertiary alicyclic amines) is 1. The van der Waals surface area contributed by atoms with Gasteiger partial charge in [0.05, 0.1) is 13.0 Å². The summed E-state index contributed by atoms with van der Waals surface area (Å²) in [6.45, 7) is 0.650. The minimum Gasteiger partial charge on any atom is -0.469 e. The first-order valence-corrected chi connectivity index (χ1v) is 6.85. The molecule has 0 bridgehead atoms. The molecule has 2 heterocycles. The van der Waals surface area contributed by atoms with Gasteiger partial charge in [0, 0.05) is 20.1 Å². The van der Waals surface area contributed by atoms with Crippen LogP contribution in [0.4, 0.5) is 4.79 Å². The Hall–Kier alpha value is -2.12. The second-order valence-electron chi connectivity index (χ2n) is 5.30. The van der Waals surface area contributed by atoms with E-state index in [1.54, 1.807) is 4.90 Å². The van der Waals surface area contributed by atoms with Crippen molar-refractivity contribution in [2.45, 2.75) is 12.8 Å². The Bertz CT molecular complexity index is 470. The van der Waals surface area contributed by atoms with Crippen LogP contribution in [0, 0.1) is 5.92 Å². The zero-order chi connectivity index (χ0) is 15.6. The number of likely N-dealkylation sites (N-methyl/N-ethyl adjacent to an activating group) is 1. The van der Waals surface area contributed by atoms with Gasteiger partial charge in [0.1, 0.15) is 13.1 Å². The van der Waals surface area contributed by atoms with Gasteiger partial charge < -0.3 is 14.5 Å². The second kappa shape index (κ2) is 6.11. The van der Waals surface area contributed by atoms with Crippen molar-refractivity contribution in [3.05, 3.63) is 0 Å². The summed E-state index contributed by atoms with van der Waals surface area (Å²) in [6.07, 6.45) is 1.08. The Kier molecular flexibility index (Phi) is 4.44. The molecule has 0 aromatic rings. The summed E-state index contributed by atoms with van der Waals surface area (Å²) in [6, 6.07) is -0.446. The predicted molar refractivity (Wildman–Crippen MR) is 71.1 cm³/mol. The van der Waals surface area contributed by atoms with Crippen LogP contribution in [-0.2, 0) is 19.1 Å². The van der Waals surface area contributed by atoms with Crippen LogP contribution in [0.3, 0.4) is 0 Å². The molecule has 0 aliphatic carbocycles. The normalized spacial score (nSPS) is 20.2. The molecule has 2 aliphatic rings. The standard InChI is InChI=1S/C13H19N3O5/c1-14-7-11(18)16(13(14)20)8-10(17)15-5-3-9(4-6-15)12(19)21-2/h9H,3-8H2,1-2H3. The van der Waals surface area contributed by atoms with E-state index in [4.69, 9.17) is 0 Å². The number of nitrogens with zero attached hydrogens (tertiary/aromatic N) is 3. The summed E-state index contributed by atoms with van der Waals surface area (Å²) in [5.74, 6) is -1.07. The molecular weight excluding hydrogens is 278 g/mol. The first-order chi connectivity index (χ1) is 9.93. The van der Waals surface area contributed by atoms with Crippen LogP contribution in [0.1, 0.15) is 12.8 Å². The molecule has 0 spiro atoms. The first-order valence-electron chi connectivity index (χ1n) is 6.85. The maximum atomic E-state index is 12.1. The van der Waals surface area contributed by atoms with Crippen molar-refractivity contribution in [3.63, 3.8) is 0 Å². The highest BCUT2D eigenvalue weighted by Gasteiger charge is 2.36. The highest BCUT2D eigenvalue weighted by Crippen LogP contribution is 2.19. The number of urea groups is 1. The topological polar surface area (TPSA) is 87.2 Å². The molecule has 4 amide bonds. The minimum atomic E-state index is -0.446. The predicted octanol–water partition coefficient (Wildman–Crippen LogP) is -0.708. The van der Waals surface area contributed by atoms with Crippen LogP contribution < -0.4 is 0 Å². The van der Waals surface area contributed by atoms with Crippen molar-refractivity contribution < 1.29 is 23.9 Å². The van der Waals surface area contributed by atoms with Crippen LogP contribution in [0.2, 0.25) is 0 Å². The molecule has 0 atom stereocenters. The molecule has 0 saturated carbocycles. The van der Waals surface area contributed by atoms with E-state index in [0.29, 0.717) is 25.9 Å². The fourth-order valence-corrected chi connectivity index (χ4v) is 2.59. The third-order valence-corrected chi connectivity index (χ3v) is 3.91. The average molecular weight is 297 g/mol. The van der Waals surface area contributed by atoms with Crippen molar-refractivity contribution in [2.24, 2.45) is 5.92 Å². The number of hydrogen-bond acceptors (Lipinski definition) is 5. The molecule has 0 unspecified atom stereocenters. The Balaban J connectivity index is 1.87. The van der Waals surface area contributed by atoms with E-state index in [1.165, 1.54) is 19.1 Å². The van der Waals surface area contributed by atoms with Crippen LogP contribution in [0.5, 0.6) is 0 Å². The molecule has 0 radical (unpaired) electrons. The van der Waals surface area contributed by atoms with E-state index in [1.807, 2.05) is 0 Å². The van der Waals surface area contributed by atoms with Gasteiger partial charge in [0.15, 0.2) is 0 Å². The number of rotatable bonds is 3. The van der Waals surface area contributed by atoms with Crippen molar-refractivity contribution in [1.29, 1.82) is 0 Å². The fraction of sp³-hybridized carbons (Fsp3) is 0.692. The number of imide groups is 1. The number of carbonyl (C=O) groups excluding carboxylic acids is 4. The first kappa shape index (κ1) is 15.3. The van der Waals surface area contributed by atoms with Crippen LogP contribution in [0.25, 0.3) is 0 Å². The van der Waals surface area contributed by atoms with E-state index in [-0.39, 0.29) is 36.8 Å². The number of esters is 1. The summed E-state index contributed by atoms with van der Waals surface area (Å²) in [7, 11) is 2.87. The average Bonchev–Trinajstić information content (AvgIpc) is 2.73. The Morgan fingerprint density at radius 1 is 1.24 bits per heavy atom. The molecule has 2 fully saturated rings. The van der Waals surface area contributed by atoms with Gasteiger partial charge in [-0.25, -0.2) is 4.79 Å². The monoisotopic (exact) mass is 297 g/mol. The Morgan fingerprint density at radius 2 is 1.86 bits per heavy atom. The van der Waals surface area contributed by atoms with Gasteiger partial charge in [-0.1, -0.05) is 0 Å². The number of amides is 4. The second-order valence-corrected chi connectivity index (χ2v) is 5.30. The van der Waals surface area contributed by atoms with Gasteiger partial charge in [-0.05, 0) is 12.8 Å². The summed E-state index contributed by atoms with van der Waals surface area (Å²) in [5, 5.41) is 0. The van der Waals surface area contributed by atoms with Crippen LogP contribution in [0.15, 0.2) is 0 Å². The lowest BCUT2D eigenvalue weighted by Gasteiger charge is -2.31. The highest BCUT2D eigenvalue weighted by molar-refractivity contribution is 6.04. The summed E-state index contributed by atoms with van der Waals surface area (Å²) in [4.78, 5) is 50.7. The molecule has 8 heteroatoms. The zero-order valence-corrected chi connectivity index (χ0v) is 12.2. The maximum Gasteiger partial charge on any atom is 0.327 e. The van der Waals surface area contributed by atoms with Crippen LogP contribution >= 0.6 is 0 Å². The van der Waals surface area contributed by atoms with Gasteiger partial charge in [0.25, 0.3) is 5.91 Å². The van der Waals surface area contributed by atoms with Gasteiger partial charge in [0.2, 0.25) is 5.91 Å². The molecule has 21 heavy (non-hydrogen) atoms. The van der Waals surface area contributed by atoms with Crippen molar-refractivity contribution >= 4 is 23.8 Å². The molecule has 2 rings (SSSR count). The number of ether oxygens (including phenoxy) is 1. The molecule has 0 aromatic carbocycles. The van der Waals surface area contributed by atoms with Crippen molar-refractivity contribution in [1.82, 2.24) is 14.7 Å². The maximum absolute atomic E-state index is 12.1. The molecule has 2 saturated heterocycles. The van der Waals surface area contributed by atoms with Gasteiger partial charge in [-0.3, -0.25) is 19.3 Å². The highest BCUT2D eigenvalue weighted by atomic mass is 16.5. The summed E-state index contributed by atoms with van der Waals surface area (Å²) < 4.78 is 4.69. The number of hydrogen-bond donors (Lipinski definition) is 0. The van der Waals surface area contributed by atoms with E-state index in [2.05, 4.69) is 4.74 Å². The minimum absolute atomic E-state index is 0.0104. The van der Waals surface area contributed by atoms with E-state index in [9.17, 15) is 19.2 Å². The molecule has 8 nitrogen and oxygen atoms in total. The number of piperidine rings is 1. The lowest BCUT2D eigenvalue weighted by atomic mass is 9.97. The number of methoxy groups -OCH3 is 1. The molecule has 0 N–H and O–H groups in total. The fourth-order valence-electron chi connectivity index (χ4n) is 2.59. The lowest BCUT2D eigenvalue weighted by Crippen LogP contribution is -2.46. The van der Waals surface area contributed by atoms with E-state index >= 15 is 0 Å². The molecule has 116 valence electrons.